The average molecular weight is 451 g/mol. The van der Waals surface area contributed by atoms with Crippen molar-refractivity contribution < 1.29 is 18.0 Å². The summed E-state index contributed by atoms with van der Waals surface area (Å²) in [5.41, 5.74) is 2.99. The number of rotatable bonds is 7. The van der Waals surface area contributed by atoms with Crippen molar-refractivity contribution in [3.05, 3.63) is 95.8 Å². The molecule has 1 amide bonds. The van der Waals surface area contributed by atoms with E-state index in [-0.39, 0.29) is 10.8 Å². The molecular weight excluding hydrogens is 428 g/mol. The van der Waals surface area contributed by atoms with Crippen LogP contribution in [-0.2, 0) is 21.9 Å². The van der Waals surface area contributed by atoms with Crippen LogP contribution in [0.5, 0.6) is 0 Å². The number of amides is 1. The third-order valence-corrected chi connectivity index (χ3v) is 6.39. The molecule has 0 aliphatic carbocycles. The molecule has 4 aromatic rings. The van der Waals surface area contributed by atoms with Crippen molar-refractivity contribution in [2.45, 2.75) is 10.9 Å². The maximum Gasteiger partial charge on any atom is 0.262 e. The number of sulfonamides is 1. The van der Waals surface area contributed by atoms with E-state index in [1.807, 2.05) is 71.1 Å². The lowest BCUT2D eigenvalue weighted by Gasteiger charge is -2.19. The van der Waals surface area contributed by atoms with Gasteiger partial charge in [-0.2, -0.15) is 0 Å². The van der Waals surface area contributed by atoms with E-state index in [1.165, 1.54) is 31.4 Å². The van der Waals surface area contributed by atoms with Crippen LogP contribution in [0.1, 0.15) is 27.8 Å². The summed E-state index contributed by atoms with van der Waals surface area (Å²) in [7, 11) is -0.675. The Kier molecular flexibility index (Phi) is 6.04. The van der Waals surface area contributed by atoms with Gasteiger partial charge in [0.25, 0.3) is 15.9 Å². The van der Waals surface area contributed by atoms with Gasteiger partial charge in [0.05, 0.1) is 23.0 Å². The number of fused-ring (bicyclic) bond motifs is 1. The first-order chi connectivity index (χ1) is 15.4. The fourth-order valence-electron chi connectivity index (χ4n) is 3.52. The minimum absolute atomic E-state index is 0.00846. The molecule has 32 heavy (non-hydrogen) atoms. The summed E-state index contributed by atoms with van der Waals surface area (Å²) in [6, 6.07) is 22.4. The van der Waals surface area contributed by atoms with E-state index in [4.69, 9.17) is 4.98 Å². The molecule has 0 radical (unpaired) electrons. The number of nitrogens with zero attached hydrogens (tertiary/aromatic N) is 2. The van der Waals surface area contributed by atoms with Gasteiger partial charge in [-0.25, -0.2) is 13.4 Å². The Morgan fingerprint density at radius 3 is 2.28 bits per heavy atom. The average Bonchev–Trinajstić information content (AvgIpc) is 3.14. The van der Waals surface area contributed by atoms with Crippen molar-refractivity contribution in [3.8, 4) is 0 Å². The predicted molar refractivity (Wildman–Crippen MR) is 120 cm³/mol. The van der Waals surface area contributed by atoms with Gasteiger partial charge in [-0.05, 0) is 42.0 Å². The Labute approximate surface area is 185 Å². The van der Waals surface area contributed by atoms with Crippen molar-refractivity contribution in [3.63, 3.8) is 0 Å². The molecule has 0 aliphatic rings. The van der Waals surface area contributed by atoms with Gasteiger partial charge in [0.1, 0.15) is 11.9 Å². The topological polar surface area (TPSA) is 102 Å². The molecule has 0 saturated carbocycles. The van der Waals surface area contributed by atoms with Crippen molar-refractivity contribution in [1.82, 2.24) is 19.8 Å². The number of benzene rings is 3. The summed E-state index contributed by atoms with van der Waals surface area (Å²) in [6.07, 6.45) is 0. The Bertz CT molecular complexity index is 1350. The number of hydrogen-bond donors (Lipinski definition) is 2. The van der Waals surface area contributed by atoms with Gasteiger partial charge < -0.3 is 9.88 Å². The number of aromatic nitrogens is 2. The van der Waals surface area contributed by atoms with Gasteiger partial charge in [0, 0.05) is 12.6 Å². The SMILES string of the molecule is CONS(=O)(=O)c1ccc(C(=O)NC(c2ccccc2)c2nc3ccccc3n2C)cc1. The van der Waals surface area contributed by atoms with E-state index in [0.29, 0.717) is 11.4 Å². The van der Waals surface area contributed by atoms with E-state index >= 15 is 0 Å². The zero-order valence-corrected chi connectivity index (χ0v) is 18.3. The molecule has 1 atom stereocenters. The minimum atomic E-state index is -3.80. The Hall–Kier alpha value is -3.53. The van der Waals surface area contributed by atoms with Crippen LogP contribution >= 0.6 is 0 Å². The lowest BCUT2D eigenvalue weighted by Crippen LogP contribution is -2.31. The molecule has 8 nitrogen and oxygen atoms in total. The summed E-state index contributed by atoms with van der Waals surface area (Å²) in [5.74, 6) is 0.337. The lowest BCUT2D eigenvalue weighted by molar-refractivity contribution is 0.0941. The molecule has 9 heteroatoms. The first-order valence-electron chi connectivity index (χ1n) is 9.83. The number of para-hydroxylation sites is 2. The number of carbonyl (C=O) groups excluding carboxylic acids is 1. The highest BCUT2D eigenvalue weighted by atomic mass is 32.2. The molecule has 1 unspecified atom stereocenters. The maximum atomic E-state index is 13.1. The van der Waals surface area contributed by atoms with Crippen LogP contribution in [0, 0.1) is 0 Å². The fraction of sp³-hybridized carbons (Fsp3) is 0.130. The molecule has 164 valence electrons. The molecule has 0 fully saturated rings. The zero-order chi connectivity index (χ0) is 22.7. The number of hydrogen-bond acceptors (Lipinski definition) is 5. The summed E-state index contributed by atoms with van der Waals surface area (Å²) in [6.45, 7) is 0. The van der Waals surface area contributed by atoms with Gasteiger partial charge >= 0.3 is 0 Å². The van der Waals surface area contributed by atoms with E-state index in [2.05, 4.69) is 10.2 Å². The number of nitrogens with one attached hydrogen (secondary N) is 2. The van der Waals surface area contributed by atoms with Crippen LogP contribution in [0.3, 0.4) is 0 Å². The van der Waals surface area contributed by atoms with E-state index in [1.54, 1.807) is 0 Å². The third kappa shape index (κ3) is 4.26. The molecule has 1 heterocycles. The van der Waals surface area contributed by atoms with E-state index in [0.717, 1.165) is 16.6 Å². The number of carbonyl (C=O) groups is 1. The fourth-order valence-corrected chi connectivity index (χ4v) is 4.33. The number of imidazole rings is 1. The normalized spacial score (nSPS) is 12.6. The highest BCUT2D eigenvalue weighted by Crippen LogP contribution is 2.25. The summed E-state index contributed by atoms with van der Waals surface area (Å²) in [5, 5.41) is 3.04. The van der Waals surface area contributed by atoms with Crippen molar-refractivity contribution >= 4 is 27.0 Å². The smallest absolute Gasteiger partial charge is 0.262 e. The quantitative estimate of drug-likeness (QED) is 0.422. The van der Waals surface area contributed by atoms with E-state index in [9.17, 15) is 13.2 Å². The second-order valence-corrected chi connectivity index (χ2v) is 8.80. The second kappa shape index (κ2) is 8.91. The molecular formula is C23H22N4O4S. The highest BCUT2D eigenvalue weighted by molar-refractivity contribution is 7.89. The van der Waals surface area contributed by atoms with Crippen molar-refractivity contribution in [1.29, 1.82) is 0 Å². The summed E-state index contributed by atoms with van der Waals surface area (Å²) in [4.78, 5) is 24.3. The predicted octanol–water partition coefficient (Wildman–Crippen LogP) is 2.93. The molecule has 1 aromatic heterocycles. The summed E-state index contributed by atoms with van der Waals surface area (Å²) >= 11 is 0. The van der Waals surface area contributed by atoms with E-state index < -0.39 is 16.1 Å². The van der Waals surface area contributed by atoms with Gasteiger partial charge in [-0.15, -0.1) is 0 Å². The Morgan fingerprint density at radius 2 is 1.62 bits per heavy atom. The molecule has 0 aliphatic heterocycles. The van der Waals surface area contributed by atoms with Crippen LogP contribution in [0.15, 0.2) is 83.8 Å². The first kappa shape index (κ1) is 21.7. The van der Waals surface area contributed by atoms with Gasteiger partial charge in [-0.1, -0.05) is 47.3 Å². The molecule has 0 bridgehead atoms. The van der Waals surface area contributed by atoms with Crippen LogP contribution < -0.4 is 10.2 Å². The Morgan fingerprint density at radius 1 is 0.969 bits per heavy atom. The summed E-state index contributed by atoms with van der Waals surface area (Å²) < 4.78 is 26.0. The van der Waals surface area contributed by atoms with Crippen molar-refractivity contribution in [2.24, 2.45) is 7.05 Å². The maximum absolute atomic E-state index is 13.1. The largest absolute Gasteiger partial charge is 0.338 e. The molecule has 4 rings (SSSR count). The molecule has 3 aromatic carbocycles. The monoisotopic (exact) mass is 450 g/mol. The highest BCUT2D eigenvalue weighted by Gasteiger charge is 2.23. The zero-order valence-electron chi connectivity index (χ0n) is 17.5. The second-order valence-electron chi connectivity index (χ2n) is 7.15. The van der Waals surface area contributed by atoms with Crippen LogP contribution in [-0.4, -0.2) is 31.0 Å². The van der Waals surface area contributed by atoms with Crippen molar-refractivity contribution in [2.75, 3.05) is 7.11 Å². The third-order valence-electron chi connectivity index (χ3n) is 5.11. The van der Waals surface area contributed by atoms with Crippen LogP contribution in [0.25, 0.3) is 11.0 Å². The Balaban J connectivity index is 1.67. The van der Waals surface area contributed by atoms with Crippen LogP contribution in [0.4, 0.5) is 0 Å². The first-order valence-corrected chi connectivity index (χ1v) is 11.3. The van der Waals surface area contributed by atoms with Gasteiger partial charge in [0.15, 0.2) is 0 Å². The van der Waals surface area contributed by atoms with Gasteiger partial charge in [-0.3, -0.25) is 9.63 Å². The minimum Gasteiger partial charge on any atom is -0.338 e. The van der Waals surface area contributed by atoms with Crippen LogP contribution in [0.2, 0.25) is 0 Å². The molecule has 0 saturated heterocycles. The standard InChI is InChI=1S/C23H22N4O4S/c1-27-20-11-7-6-10-19(20)24-22(27)21(16-8-4-3-5-9-16)25-23(28)17-12-14-18(15-13-17)32(29,30)26-31-2/h3-15,21,26H,1-2H3,(H,25,28). The molecule has 0 spiro atoms. The number of aryl methyl sites for hydroxylation is 1. The van der Waals surface area contributed by atoms with Gasteiger partial charge in [0.2, 0.25) is 0 Å². The lowest BCUT2D eigenvalue weighted by atomic mass is 10.1. The molecule has 2 N–H and O–H groups in total.